The van der Waals surface area contributed by atoms with Gasteiger partial charge in [0.25, 0.3) is 5.91 Å². The minimum Gasteiger partial charge on any atom is -0.366 e. The molecule has 1 aliphatic rings. The standard InChI is InChI=1S/C17H20N4O4S/c1-10-15(16(18)22)13-9-21(8-7-14(13)19-10)17(23)20-11-3-5-12(6-4-11)26(2,24)25/h3-6,19H,7-9H2,1-2H3,(H2,18,22)(H,20,23). The van der Waals surface area contributed by atoms with Gasteiger partial charge in [-0.1, -0.05) is 0 Å². The maximum atomic E-state index is 12.5. The number of carbonyl (C=O) groups excluding carboxylic acids is 2. The van der Waals surface area contributed by atoms with Gasteiger partial charge in [0, 0.05) is 48.4 Å². The number of aromatic amines is 1. The number of nitrogens with one attached hydrogen (secondary N) is 2. The van der Waals surface area contributed by atoms with E-state index in [1.54, 1.807) is 24.0 Å². The second-order valence-corrected chi connectivity index (χ2v) is 8.36. The third-order valence-electron chi connectivity index (χ3n) is 4.43. The zero-order valence-corrected chi connectivity index (χ0v) is 15.3. The molecule has 2 heterocycles. The summed E-state index contributed by atoms with van der Waals surface area (Å²) in [6.07, 6.45) is 1.73. The predicted octanol–water partition coefficient (Wildman–Crippen LogP) is 1.42. The summed E-state index contributed by atoms with van der Waals surface area (Å²) in [7, 11) is -3.28. The van der Waals surface area contributed by atoms with Gasteiger partial charge in [-0.25, -0.2) is 13.2 Å². The maximum Gasteiger partial charge on any atom is 0.322 e. The molecule has 0 radical (unpaired) electrons. The lowest BCUT2D eigenvalue weighted by Crippen LogP contribution is -2.39. The number of aromatic nitrogens is 1. The summed E-state index contributed by atoms with van der Waals surface area (Å²) in [6.45, 7) is 2.57. The number of amides is 3. The number of rotatable bonds is 3. The molecule has 4 N–H and O–H groups in total. The third-order valence-corrected chi connectivity index (χ3v) is 5.56. The van der Waals surface area contributed by atoms with Crippen LogP contribution in [0.4, 0.5) is 10.5 Å². The van der Waals surface area contributed by atoms with E-state index in [0.717, 1.165) is 17.5 Å². The number of carbonyl (C=O) groups is 2. The van der Waals surface area contributed by atoms with Gasteiger partial charge in [-0.15, -0.1) is 0 Å². The summed E-state index contributed by atoms with van der Waals surface area (Å²) in [4.78, 5) is 29.1. The Hall–Kier alpha value is -2.81. The average molecular weight is 376 g/mol. The zero-order chi connectivity index (χ0) is 19.1. The molecule has 0 atom stereocenters. The van der Waals surface area contributed by atoms with Crippen LogP contribution in [-0.2, 0) is 22.8 Å². The van der Waals surface area contributed by atoms with Crippen molar-refractivity contribution in [2.45, 2.75) is 24.8 Å². The van der Waals surface area contributed by atoms with Gasteiger partial charge in [0.05, 0.1) is 10.5 Å². The highest BCUT2D eigenvalue weighted by molar-refractivity contribution is 7.90. The number of H-pyrrole nitrogens is 1. The quantitative estimate of drug-likeness (QED) is 0.749. The minimum absolute atomic E-state index is 0.187. The largest absolute Gasteiger partial charge is 0.366 e. The van der Waals surface area contributed by atoms with Gasteiger partial charge >= 0.3 is 6.03 Å². The molecule has 0 fully saturated rings. The van der Waals surface area contributed by atoms with Crippen LogP contribution in [0, 0.1) is 6.92 Å². The minimum atomic E-state index is -3.28. The van der Waals surface area contributed by atoms with Crippen molar-refractivity contribution in [3.05, 3.63) is 46.8 Å². The summed E-state index contributed by atoms with van der Waals surface area (Å²) >= 11 is 0. The van der Waals surface area contributed by atoms with Gasteiger partial charge in [0.2, 0.25) is 0 Å². The maximum absolute atomic E-state index is 12.5. The SMILES string of the molecule is Cc1[nH]c2c(c1C(N)=O)CN(C(=O)Nc1ccc(S(C)(=O)=O)cc1)CC2. The van der Waals surface area contributed by atoms with Crippen LogP contribution in [0.15, 0.2) is 29.2 Å². The van der Waals surface area contributed by atoms with Crippen molar-refractivity contribution in [2.75, 3.05) is 18.1 Å². The van der Waals surface area contributed by atoms with Crippen molar-refractivity contribution in [2.24, 2.45) is 5.73 Å². The lowest BCUT2D eigenvalue weighted by Gasteiger charge is -2.27. The Labute approximate surface area is 151 Å². The van der Waals surface area contributed by atoms with Crippen molar-refractivity contribution >= 4 is 27.5 Å². The molecule has 3 rings (SSSR count). The topological polar surface area (TPSA) is 125 Å². The first-order valence-corrected chi connectivity index (χ1v) is 9.92. The van der Waals surface area contributed by atoms with Gasteiger partial charge in [-0.3, -0.25) is 4.79 Å². The second-order valence-electron chi connectivity index (χ2n) is 6.34. The number of hydrogen-bond donors (Lipinski definition) is 3. The Kier molecular flexibility index (Phi) is 4.49. The van der Waals surface area contributed by atoms with E-state index in [-0.39, 0.29) is 17.5 Å². The lowest BCUT2D eigenvalue weighted by molar-refractivity contribution is 0.0997. The van der Waals surface area contributed by atoms with E-state index in [0.29, 0.717) is 29.9 Å². The Morgan fingerprint density at radius 2 is 1.88 bits per heavy atom. The number of aryl methyl sites for hydroxylation is 1. The van der Waals surface area contributed by atoms with Crippen LogP contribution in [0.2, 0.25) is 0 Å². The number of benzene rings is 1. The zero-order valence-electron chi connectivity index (χ0n) is 14.5. The average Bonchev–Trinajstić information content (AvgIpc) is 2.89. The van der Waals surface area contributed by atoms with Crippen LogP contribution in [0.25, 0.3) is 0 Å². The predicted molar refractivity (Wildman–Crippen MR) is 96.7 cm³/mol. The number of primary amides is 1. The number of anilines is 1. The van der Waals surface area contributed by atoms with E-state index >= 15 is 0 Å². The molecule has 8 nitrogen and oxygen atoms in total. The fourth-order valence-corrected chi connectivity index (χ4v) is 3.77. The third kappa shape index (κ3) is 3.43. The first-order chi connectivity index (χ1) is 12.2. The molecule has 0 spiro atoms. The normalized spacial score (nSPS) is 14.0. The number of fused-ring (bicyclic) bond motifs is 1. The van der Waals surface area contributed by atoms with Gasteiger partial charge in [0.15, 0.2) is 9.84 Å². The summed E-state index contributed by atoms with van der Waals surface area (Å²) in [6, 6.07) is 5.65. The highest BCUT2D eigenvalue weighted by Gasteiger charge is 2.27. The lowest BCUT2D eigenvalue weighted by atomic mass is 10.0. The number of urea groups is 1. The van der Waals surface area contributed by atoms with Gasteiger partial charge in [0.1, 0.15) is 0 Å². The molecule has 1 aromatic heterocycles. The molecule has 0 unspecified atom stereocenters. The Morgan fingerprint density at radius 3 is 2.46 bits per heavy atom. The van der Waals surface area contributed by atoms with Crippen molar-refractivity contribution in [1.82, 2.24) is 9.88 Å². The molecule has 0 aliphatic carbocycles. The molecule has 1 aromatic carbocycles. The molecule has 138 valence electrons. The van der Waals surface area contributed by atoms with E-state index in [2.05, 4.69) is 10.3 Å². The Morgan fingerprint density at radius 1 is 1.23 bits per heavy atom. The highest BCUT2D eigenvalue weighted by atomic mass is 32.2. The van der Waals surface area contributed by atoms with E-state index in [4.69, 9.17) is 5.73 Å². The molecular formula is C17H20N4O4S. The molecule has 9 heteroatoms. The van der Waals surface area contributed by atoms with Crippen LogP contribution in [0.1, 0.15) is 27.3 Å². The van der Waals surface area contributed by atoms with Crippen LogP contribution in [-0.4, -0.2) is 43.0 Å². The van der Waals surface area contributed by atoms with E-state index < -0.39 is 15.7 Å². The smallest absolute Gasteiger partial charge is 0.322 e. The summed E-state index contributed by atoms with van der Waals surface area (Å²) in [5.41, 5.74) is 8.78. The van der Waals surface area contributed by atoms with Crippen molar-refractivity contribution in [3.8, 4) is 0 Å². The van der Waals surface area contributed by atoms with Crippen LogP contribution < -0.4 is 11.1 Å². The van der Waals surface area contributed by atoms with Gasteiger partial charge in [-0.2, -0.15) is 0 Å². The summed E-state index contributed by atoms with van der Waals surface area (Å²) < 4.78 is 23.0. The molecule has 2 aromatic rings. The van der Waals surface area contributed by atoms with Crippen molar-refractivity contribution < 1.29 is 18.0 Å². The van der Waals surface area contributed by atoms with Gasteiger partial charge < -0.3 is 20.9 Å². The first-order valence-electron chi connectivity index (χ1n) is 8.03. The second kappa shape index (κ2) is 6.49. The molecule has 3 amide bonds. The summed E-state index contributed by atoms with van der Waals surface area (Å²) in [5, 5.41) is 2.74. The number of hydrogen-bond acceptors (Lipinski definition) is 4. The molecule has 0 saturated heterocycles. The fourth-order valence-electron chi connectivity index (χ4n) is 3.14. The highest BCUT2D eigenvalue weighted by Crippen LogP contribution is 2.25. The Bertz CT molecular complexity index is 977. The number of nitrogens with two attached hydrogens (primary N) is 1. The monoisotopic (exact) mass is 376 g/mol. The molecule has 0 saturated carbocycles. The van der Waals surface area contributed by atoms with Crippen LogP contribution in [0.3, 0.4) is 0 Å². The molecule has 26 heavy (non-hydrogen) atoms. The summed E-state index contributed by atoms with van der Waals surface area (Å²) in [5.74, 6) is -0.515. The molecule has 1 aliphatic heterocycles. The molecular weight excluding hydrogens is 356 g/mol. The van der Waals surface area contributed by atoms with Crippen LogP contribution in [0.5, 0.6) is 0 Å². The van der Waals surface area contributed by atoms with Crippen molar-refractivity contribution in [1.29, 1.82) is 0 Å². The van der Waals surface area contributed by atoms with Crippen LogP contribution >= 0.6 is 0 Å². The van der Waals surface area contributed by atoms with E-state index in [9.17, 15) is 18.0 Å². The van der Waals surface area contributed by atoms with E-state index in [1.807, 2.05) is 0 Å². The first kappa shape index (κ1) is 18.0. The fraction of sp³-hybridized carbons (Fsp3) is 0.294. The number of sulfone groups is 1. The number of nitrogens with zero attached hydrogens (tertiary/aromatic N) is 1. The van der Waals surface area contributed by atoms with Gasteiger partial charge in [-0.05, 0) is 31.2 Å². The Balaban J connectivity index is 1.75. The molecule has 0 bridgehead atoms. The van der Waals surface area contributed by atoms with Crippen molar-refractivity contribution in [3.63, 3.8) is 0 Å². The van der Waals surface area contributed by atoms with E-state index in [1.165, 1.54) is 12.1 Å².